The Morgan fingerprint density at radius 2 is 2.14 bits per heavy atom. The van der Waals surface area contributed by atoms with E-state index >= 15 is 0 Å². The highest BCUT2D eigenvalue weighted by molar-refractivity contribution is 7.14. The molecule has 0 radical (unpaired) electrons. The molecule has 9 heteroatoms. The van der Waals surface area contributed by atoms with E-state index in [0.29, 0.717) is 23.8 Å². The molecule has 144 valence electrons. The molecule has 1 aliphatic heterocycles. The van der Waals surface area contributed by atoms with Crippen LogP contribution in [-0.2, 0) is 16.0 Å². The number of carbonyl (C=O) groups excluding carboxylic acids is 2. The molecule has 0 spiro atoms. The van der Waals surface area contributed by atoms with Gasteiger partial charge in [0.2, 0.25) is 11.8 Å². The lowest BCUT2D eigenvalue weighted by molar-refractivity contribution is -0.121. The van der Waals surface area contributed by atoms with Gasteiger partial charge in [-0.3, -0.25) is 14.5 Å². The molecule has 0 bridgehead atoms. The van der Waals surface area contributed by atoms with Crippen molar-refractivity contribution < 1.29 is 9.59 Å². The van der Waals surface area contributed by atoms with Crippen LogP contribution in [0.1, 0.15) is 37.1 Å². The van der Waals surface area contributed by atoms with E-state index in [1.807, 2.05) is 36.6 Å². The highest BCUT2D eigenvalue weighted by atomic mass is 32.1. The summed E-state index contributed by atoms with van der Waals surface area (Å²) in [6, 6.07) is 7.67. The minimum absolute atomic E-state index is 0.0996. The second-order valence-corrected chi connectivity index (χ2v) is 7.50. The smallest absolute Gasteiger partial charge is 0.228 e. The Kier molecular flexibility index (Phi) is 5.16. The van der Waals surface area contributed by atoms with Crippen LogP contribution in [0.25, 0.3) is 5.69 Å². The zero-order valence-corrected chi connectivity index (χ0v) is 16.2. The third-order valence-corrected chi connectivity index (χ3v) is 5.55. The Morgan fingerprint density at radius 3 is 2.82 bits per heavy atom. The van der Waals surface area contributed by atoms with Gasteiger partial charge in [0.25, 0.3) is 0 Å². The first-order chi connectivity index (χ1) is 13.6. The average Bonchev–Trinajstić information content (AvgIpc) is 3.43. The number of anilines is 1. The third kappa shape index (κ3) is 3.94. The van der Waals surface area contributed by atoms with Gasteiger partial charge in [-0.2, -0.15) is 5.10 Å². The fraction of sp³-hybridized carbons (Fsp3) is 0.316. The fourth-order valence-electron chi connectivity index (χ4n) is 3.15. The van der Waals surface area contributed by atoms with E-state index < -0.39 is 0 Å². The SMILES string of the molecule is C[C@@H](NC(=O)Cc1csc(N2CCCC2=O)n1)c1ccc(-n2cncn2)cc1. The van der Waals surface area contributed by atoms with Gasteiger partial charge >= 0.3 is 0 Å². The molecule has 2 amide bonds. The van der Waals surface area contributed by atoms with Gasteiger partial charge in [-0.25, -0.2) is 14.6 Å². The fourth-order valence-corrected chi connectivity index (χ4v) is 4.02. The largest absolute Gasteiger partial charge is 0.349 e. The van der Waals surface area contributed by atoms with Crippen LogP contribution in [0.3, 0.4) is 0 Å². The number of hydrogen-bond donors (Lipinski definition) is 1. The van der Waals surface area contributed by atoms with E-state index in [4.69, 9.17) is 0 Å². The van der Waals surface area contributed by atoms with Crippen molar-refractivity contribution in [2.75, 3.05) is 11.4 Å². The second kappa shape index (κ2) is 7.89. The van der Waals surface area contributed by atoms with Crippen molar-refractivity contribution in [3.8, 4) is 5.69 Å². The van der Waals surface area contributed by atoms with Crippen molar-refractivity contribution in [1.82, 2.24) is 25.1 Å². The summed E-state index contributed by atoms with van der Waals surface area (Å²) in [5.74, 6) is 0.00534. The minimum Gasteiger partial charge on any atom is -0.349 e. The number of hydrogen-bond acceptors (Lipinski definition) is 6. The predicted molar refractivity (Wildman–Crippen MR) is 105 cm³/mol. The van der Waals surface area contributed by atoms with Gasteiger partial charge in [-0.15, -0.1) is 11.3 Å². The number of amides is 2. The monoisotopic (exact) mass is 396 g/mol. The van der Waals surface area contributed by atoms with Crippen molar-refractivity contribution in [1.29, 1.82) is 0 Å². The molecule has 8 nitrogen and oxygen atoms in total. The number of nitrogens with one attached hydrogen (secondary N) is 1. The summed E-state index contributed by atoms with van der Waals surface area (Å²) in [4.78, 5) is 34.3. The van der Waals surface area contributed by atoms with E-state index in [1.165, 1.54) is 17.7 Å². The summed E-state index contributed by atoms with van der Waals surface area (Å²) in [6.07, 6.45) is 4.75. The molecule has 1 aliphatic rings. The molecule has 1 saturated heterocycles. The first kappa shape index (κ1) is 18.3. The first-order valence-corrected chi connectivity index (χ1v) is 9.97. The highest BCUT2D eigenvalue weighted by Crippen LogP contribution is 2.25. The zero-order chi connectivity index (χ0) is 19.5. The van der Waals surface area contributed by atoms with Crippen molar-refractivity contribution >= 4 is 28.3 Å². The van der Waals surface area contributed by atoms with Gasteiger partial charge < -0.3 is 5.32 Å². The van der Waals surface area contributed by atoms with Crippen LogP contribution in [0.15, 0.2) is 42.3 Å². The molecule has 0 aliphatic carbocycles. The zero-order valence-electron chi connectivity index (χ0n) is 15.4. The quantitative estimate of drug-likeness (QED) is 0.690. The van der Waals surface area contributed by atoms with Crippen molar-refractivity contribution in [3.63, 3.8) is 0 Å². The molecule has 1 atom stereocenters. The lowest BCUT2D eigenvalue weighted by Gasteiger charge is -2.14. The number of rotatable bonds is 6. The summed E-state index contributed by atoms with van der Waals surface area (Å²) in [7, 11) is 0. The van der Waals surface area contributed by atoms with Crippen LogP contribution in [0, 0.1) is 0 Å². The minimum atomic E-state index is -0.129. The maximum atomic E-state index is 12.4. The van der Waals surface area contributed by atoms with Crippen molar-refractivity contribution in [2.45, 2.75) is 32.2 Å². The maximum absolute atomic E-state index is 12.4. The Hall–Kier alpha value is -3.07. The summed E-state index contributed by atoms with van der Waals surface area (Å²) in [5.41, 5.74) is 2.59. The van der Waals surface area contributed by atoms with Crippen LogP contribution in [0.5, 0.6) is 0 Å². The number of carbonyl (C=O) groups is 2. The molecular formula is C19H20N6O2S. The Balaban J connectivity index is 1.34. The molecule has 1 fully saturated rings. The van der Waals surface area contributed by atoms with E-state index in [0.717, 1.165) is 17.7 Å². The Bertz CT molecular complexity index is 967. The van der Waals surface area contributed by atoms with Gasteiger partial charge in [0.15, 0.2) is 5.13 Å². The van der Waals surface area contributed by atoms with Crippen LogP contribution in [-0.4, -0.2) is 38.1 Å². The van der Waals surface area contributed by atoms with Crippen LogP contribution in [0.2, 0.25) is 0 Å². The van der Waals surface area contributed by atoms with Gasteiger partial charge in [-0.1, -0.05) is 12.1 Å². The van der Waals surface area contributed by atoms with Crippen LogP contribution >= 0.6 is 11.3 Å². The number of thiazole rings is 1. The van der Waals surface area contributed by atoms with Crippen LogP contribution < -0.4 is 10.2 Å². The van der Waals surface area contributed by atoms with Crippen LogP contribution in [0.4, 0.5) is 5.13 Å². The normalized spacial score (nSPS) is 15.0. The first-order valence-electron chi connectivity index (χ1n) is 9.09. The van der Waals surface area contributed by atoms with Gasteiger partial charge in [0.05, 0.1) is 23.8 Å². The predicted octanol–water partition coefficient (Wildman–Crippen LogP) is 2.27. The maximum Gasteiger partial charge on any atom is 0.228 e. The molecule has 4 rings (SSSR count). The molecule has 3 heterocycles. The third-order valence-electron chi connectivity index (χ3n) is 4.64. The Labute approximate surface area is 166 Å². The van der Waals surface area contributed by atoms with Gasteiger partial charge in [0, 0.05) is 18.3 Å². The molecule has 1 N–H and O–H groups in total. The van der Waals surface area contributed by atoms with Gasteiger partial charge in [-0.05, 0) is 31.0 Å². The number of benzene rings is 1. The molecule has 2 aromatic heterocycles. The molecule has 0 saturated carbocycles. The highest BCUT2D eigenvalue weighted by Gasteiger charge is 2.24. The molecule has 28 heavy (non-hydrogen) atoms. The van der Waals surface area contributed by atoms with E-state index in [2.05, 4.69) is 20.4 Å². The summed E-state index contributed by atoms with van der Waals surface area (Å²) in [6.45, 7) is 2.65. The summed E-state index contributed by atoms with van der Waals surface area (Å²) >= 11 is 1.41. The molecule has 3 aromatic rings. The van der Waals surface area contributed by atoms with E-state index in [9.17, 15) is 9.59 Å². The second-order valence-electron chi connectivity index (χ2n) is 6.67. The van der Waals surface area contributed by atoms with Gasteiger partial charge in [0.1, 0.15) is 12.7 Å². The lowest BCUT2D eigenvalue weighted by Crippen LogP contribution is -2.28. The number of nitrogens with zero attached hydrogens (tertiary/aromatic N) is 5. The van der Waals surface area contributed by atoms with Crippen molar-refractivity contribution in [3.05, 3.63) is 53.6 Å². The van der Waals surface area contributed by atoms with E-state index in [-0.39, 0.29) is 24.3 Å². The summed E-state index contributed by atoms with van der Waals surface area (Å²) < 4.78 is 1.68. The standard InChI is InChI=1S/C19H20N6O2S/c1-13(14-4-6-16(7-5-14)25-12-20-11-21-25)22-17(26)9-15-10-28-19(23-15)24-8-2-3-18(24)27/h4-7,10-13H,2-3,8-9H2,1H3,(H,22,26)/t13-/m1/s1. The summed E-state index contributed by atoms with van der Waals surface area (Å²) in [5, 5.41) is 9.62. The Morgan fingerprint density at radius 1 is 1.32 bits per heavy atom. The number of aromatic nitrogens is 4. The molecule has 0 unspecified atom stereocenters. The topological polar surface area (TPSA) is 93.0 Å². The average molecular weight is 396 g/mol. The van der Waals surface area contributed by atoms with E-state index in [1.54, 1.807) is 15.9 Å². The molecule has 1 aromatic carbocycles. The molecular weight excluding hydrogens is 376 g/mol. The lowest BCUT2D eigenvalue weighted by atomic mass is 10.1. The van der Waals surface area contributed by atoms with Crippen molar-refractivity contribution in [2.24, 2.45) is 0 Å².